The number of thiol groups is 2. The van der Waals surface area contributed by atoms with Crippen molar-refractivity contribution in [1.82, 2.24) is 0 Å². The van der Waals surface area contributed by atoms with Crippen LogP contribution in [0.25, 0.3) is 0 Å². The molecule has 0 amide bonds. The Balaban J connectivity index is -0.0000000450. The van der Waals surface area contributed by atoms with E-state index in [0.717, 1.165) is 0 Å². The molecule has 32 valence electrons. The van der Waals surface area contributed by atoms with Crippen LogP contribution in [0.5, 0.6) is 0 Å². The molecule has 0 fully saturated rings. The number of hydrogen-bond donors (Lipinski definition) is 2. The van der Waals surface area contributed by atoms with E-state index in [9.17, 15) is 4.79 Å². The van der Waals surface area contributed by atoms with Gasteiger partial charge in [-0.2, -0.15) is 0 Å². The summed E-state index contributed by atoms with van der Waals surface area (Å²) in [5.74, 6) is 0. The Bertz CT molecular complexity index is 34.5. The summed E-state index contributed by atoms with van der Waals surface area (Å²) in [6.07, 6.45) is 0. The summed E-state index contributed by atoms with van der Waals surface area (Å²) in [6.45, 7) is 0. The summed E-state index contributed by atoms with van der Waals surface area (Å²) in [6, 6.07) is 0. The van der Waals surface area contributed by atoms with Crippen LogP contribution in [-0.4, -0.2) is 4.45 Å². The van der Waals surface area contributed by atoms with Crippen molar-refractivity contribution in [2.24, 2.45) is 0 Å². The first-order chi connectivity index (χ1) is 1.73. The van der Waals surface area contributed by atoms with E-state index >= 15 is 0 Å². The molecule has 0 aliphatic carbocycles. The molecule has 1 nitrogen and oxygen atoms in total. The molecule has 0 aromatic rings. The SMILES string of the molecule is O=C(S)S.[CH3-].[K+]. The normalized spacial score (nSPS) is 4.33. The zero-order chi connectivity index (χ0) is 3.58. The average molecular weight is 148 g/mol. The fraction of sp³-hybridized carbons (Fsp3) is 0. The smallest absolute Gasteiger partial charge is 0.358 e. The molecule has 0 saturated heterocycles. The summed E-state index contributed by atoms with van der Waals surface area (Å²) >= 11 is 6.38. The number of carbonyl (C=O) groups excluding carboxylic acids is 1. The fourth-order valence-corrected chi connectivity index (χ4v) is 0. The van der Waals surface area contributed by atoms with Crippen molar-refractivity contribution >= 4 is 29.7 Å². The number of carbonyl (C=O) groups is 1. The van der Waals surface area contributed by atoms with E-state index in [1.54, 1.807) is 0 Å². The summed E-state index contributed by atoms with van der Waals surface area (Å²) in [7, 11) is 0. The minimum absolute atomic E-state index is 0. The van der Waals surface area contributed by atoms with E-state index in [1.807, 2.05) is 0 Å². The van der Waals surface area contributed by atoms with Crippen molar-refractivity contribution in [3.05, 3.63) is 7.43 Å². The summed E-state index contributed by atoms with van der Waals surface area (Å²) < 4.78 is -0.444. The Kier molecular flexibility index (Phi) is 26.4. The number of hydrogen-bond acceptors (Lipinski definition) is 1. The van der Waals surface area contributed by atoms with E-state index in [0.29, 0.717) is 0 Å². The minimum Gasteiger partial charge on any atom is -0.358 e. The first-order valence-corrected chi connectivity index (χ1v) is 1.55. The Morgan fingerprint density at radius 1 is 1.33 bits per heavy atom. The third-order valence-corrected chi connectivity index (χ3v) is 0. The third-order valence-electron chi connectivity index (χ3n) is 0. The zero-order valence-electron chi connectivity index (χ0n) is 3.80. The largest absolute Gasteiger partial charge is 1.00 e. The van der Waals surface area contributed by atoms with E-state index in [1.165, 1.54) is 0 Å². The summed E-state index contributed by atoms with van der Waals surface area (Å²) in [4.78, 5) is 9.17. The van der Waals surface area contributed by atoms with Gasteiger partial charge >= 0.3 is 51.4 Å². The van der Waals surface area contributed by atoms with Gasteiger partial charge in [0.15, 0.2) is 0 Å². The van der Waals surface area contributed by atoms with Gasteiger partial charge in [0.25, 0.3) is 0 Å². The van der Waals surface area contributed by atoms with Crippen LogP contribution in [0.4, 0.5) is 4.79 Å². The fourth-order valence-electron chi connectivity index (χ4n) is 0. The van der Waals surface area contributed by atoms with E-state index < -0.39 is 4.45 Å². The topological polar surface area (TPSA) is 17.1 Å². The Morgan fingerprint density at radius 2 is 1.33 bits per heavy atom. The van der Waals surface area contributed by atoms with Crippen LogP contribution in [0.1, 0.15) is 0 Å². The third kappa shape index (κ3) is 37.4. The predicted molar refractivity (Wildman–Crippen MR) is 29.8 cm³/mol. The standard InChI is InChI=1S/CH2OS2.CH3.K/c2-1(3)4;;/h(H2,2,3,4);1H3;/q;-1;+1. The molecular weight excluding hydrogens is 143 g/mol. The van der Waals surface area contributed by atoms with Gasteiger partial charge in [-0.05, 0) is 0 Å². The zero-order valence-corrected chi connectivity index (χ0v) is 8.71. The molecule has 0 saturated carbocycles. The molecule has 0 aliphatic rings. The van der Waals surface area contributed by atoms with Crippen molar-refractivity contribution in [1.29, 1.82) is 0 Å². The predicted octanol–water partition coefficient (Wildman–Crippen LogP) is -1.58. The maximum absolute atomic E-state index is 9.17. The quantitative estimate of drug-likeness (QED) is 0.241. The van der Waals surface area contributed by atoms with Crippen LogP contribution >= 0.6 is 25.3 Å². The molecule has 4 heteroatoms. The second kappa shape index (κ2) is 10.1. The average Bonchev–Trinajstić information content (AvgIpc) is 0.811. The van der Waals surface area contributed by atoms with Gasteiger partial charge in [0, 0.05) is 0 Å². The van der Waals surface area contributed by atoms with Crippen molar-refractivity contribution < 1.29 is 56.2 Å². The Hall–Kier alpha value is 2.01. The minimum atomic E-state index is -0.444. The van der Waals surface area contributed by atoms with Crippen LogP contribution in [-0.2, 0) is 0 Å². The number of rotatable bonds is 0. The van der Waals surface area contributed by atoms with Crippen LogP contribution in [0, 0.1) is 7.43 Å². The maximum atomic E-state index is 9.17. The Labute approximate surface area is 91.5 Å². The van der Waals surface area contributed by atoms with Gasteiger partial charge in [-0.15, -0.1) is 0 Å². The summed E-state index contributed by atoms with van der Waals surface area (Å²) in [5.41, 5.74) is 0. The molecule has 0 unspecified atom stereocenters. The van der Waals surface area contributed by atoms with Gasteiger partial charge in [-0.25, -0.2) is 0 Å². The van der Waals surface area contributed by atoms with Crippen LogP contribution in [0.3, 0.4) is 0 Å². The molecule has 0 N–H and O–H groups in total. The molecule has 0 spiro atoms. The van der Waals surface area contributed by atoms with Crippen molar-refractivity contribution in [3.8, 4) is 0 Å². The van der Waals surface area contributed by atoms with Gasteiger partial charge in [-0.1, -0.05) is 25.3 Å². The van der Waals surface area contributed by atoms with Gasteiger partial charge in [0.05, 0.1) is 0 Å². The van der Waals surface area contributed by atoms with Crippen molar-refractivity contribution in [2.45, 2.75) is 0 Å². The second-order valence-corrected chi connectivity index (χ2v) is 1.45. The van der Waals surface area contributed by atoms with E-state index in [-0.39, 0.29) is 58.8 Å². The Morgan fingerprint density at radius 3 is 1.33 bits per heavy atom. The van der Waals surface area contributed by atoms with Crippen molar-refractivity contribution in [2.75, 3.05) is 0 Å². The molecule has 0 aromatic heterocycles. The molecule has 0 atom stereocenters. The first kappa shape index (κ1) is 15.7. The van der Waals surface area contributed by atoms with Gasteiger partial charge in [0.2, 0.25) is 4.45 Å². The second-order valence-electron chi connectivity index (χ2n) is 0.283. The maximum Gasteiger partial charge on any atom is 1.00 e. The molecular formula is C2H5KOS2. The van der Waals surface area contributed by atoms with Crippen LogP contribution < -0.4 is 51.4 Å². The van der Waals surface area contributed by atoms with Crippen LogP contribution in [0.2, 0.25) is 0 Å². The van der Waals surface area contributed by atoms with Gasteiger partial charge < -0.3 is 7.43 Å². The van der Waals surface area contributed by atoms with E-state index in [4.69, 9.17) is 0 Å². The molecule has 0 bridgehead atoms. The summed E-state index contributed by atoms with van der Waals surface area (Å²) in [5, 5.41) is 0. The van der Waals surface area contributed by atoms with Crippen molar-refractivity contribution in [3.63, 3.8) is 0 Å². The first-order valence-electron chi connectivity index (χ1n) is 0.651. The molecule has 0 aromatic carbocycles. The molecule has 0 radical (unpaired) electrons. The molecule has 0 heterocycles. The molecule has 0 rings (SSSR count). The van der Waals surface area contributed by atoms with E-state index in [2.05, 4.69) is 25.3 Å². The van der Waals surface area contributed by atoms with Gasteiger partial charge in [0.1, 0.15) is 0 Å². The van der Waals surface area contributed by atoms with Crippen LogP contribution in [0.15, 0.2) is 0 Å². The monoisotopic (exact) mass is 148 g/mol. The van der Waals surface area contributed by atoms with Gasteiger partial charge in [-0.3, -0.25) is 4.79 Å². The molecule has 6 heavy (non-hydrogen) atoms. The molecule has 0 aliphatic heterocycles.